The van der Waals surface area contributed by atoms with Crippen LogP contribution in [-0.4, -0.2) is 6.54 Å². The molecule has 1 aliphatic rings. The minimum Gasteiger partial charge on any atom is -0.336 e. The van der Waals surface area contributed by atoms with Crippen molar-refractivity contribution in [3.8, 4) is 0 Å². The van der Waals surface area contributed by atoms with Crippen LogP contribution in [0, 0.1) is 0 Å². The van der Waals surface area contributed by atoms with Crippen LogP contribution in [0.1, 0.15) is 22.0 Å². The van der Waals surface area contributed by atoms with E-state index in [1.807, 2.05) is 23.5 Å². The molecule has 1 nitrogen and oxygen atoms in total. The average molecular weight is 251 g/mol. The van der Waals surface area contributed by atoms with Crippen LogP contribution in [0.15, 0.2) is 35.7 Å². The summed E-state index contributed by atoms with van der Waals surface area (Å²) in [7, 11) is 0. The van der Waals surface area contributed by atoms with Gasteiger partial charge in [-0.15, -0.1) is 11.3 Å². The van der Waals surface area contributed by atoms with Crippen molar-refractivity contribution >= 4 is 22.9 Å². The Morgan fingerprint density at radius 3 is 2.81 bits per heavy atom. The third-order valence-electron chi connectivity index (χ3n) is 3.12. The lowest BCUT2D eigenvalue weighted by atomic mass is 9.96. The lowest BCUT2D eigenvalue weighted by molar-refractivity contribution is -0.689. The average Bonchev–Trinajstić information content (AvgIpc) is 2.78. The van der Waals surface area contributed by atoms with Gasteiger partial charge in [-0.05, 0) is 23.6 Å². The first-order valence-corrected chi connectivity index (χ1v) is 6.75. The molecule has 0 unspecified atom stereocenters. The molecule has 16 heavy (non-hydrogen) atoms. The zero-order chi connectivity index (χ0) is 11.0. The van der Waals surface area contributed by atoms with Gasteiger partial charge < -0.3 is 5.32 Å². The van der Waals surface area contributed by atoms with Crippen LogP contribution in [0.5, 0.6) is 0 Å². The second-order valence-corrected chi connectivity index (χ2v) is 5.54. The first-order chi connectivity index (χ1) is 7.84. The van der Waals surface area contributed by atoms with Gasteiger partial charge in [-0.2, -0.15) is 0 Å². The van der Waals surface area contributed by atoms with E-state index in [9.17, 15) is 0 Å². The minimum atomic E-state index is 0.465. The number of thiophene rings is 1. The number of nitrogens with two attached hydrogens (primary N) is 1. The van der Waals surface area contributed by atoms with Crippen LogP contribution in [0.3, 0.4) is 0 Å². The third kappa shape index (κ3) is 1.77. The molecule has 0 saturated carbocycles. The van der Waals surface area contributed by atoms with Gasteiger partial charge in [0.05, 0.1) is 6.54 Å². The molecule has 2 N–H and O–H groups in total. The van der Waals surface area contributed by atoms with E-state index in [0.717, 1.165) is 5.02 Å². The van der Waals surface area contributed by atoms with Crippen molar-refractivity contribution in [3.05, 3.63) is 56.7 Å². The van der Waals surface area contributed by atoms with Gasteiger partial charge in [-0.3, -0.25) is 0 Å². The molecule has 0 saturated heterocycles. The van der Waals surface area contributed by atoms with E-state index in [4.69, 9.17) is 11.6 Å². The Hall–Kier alpha value is -0.830. The zero-order valence-corrected chi connectivity index (χ0v) is 10.4. The maximum absolute atomic E-state index is 5.92. The van der Waals surface area contributed by atoms with Crippen LogP contribution in [0.2, 0.25) is 5.02 Å². The van der Waals surface area contributed by atoms with Crippen molar-refractivity contribution in [2.45, 2.75) is 12.5 Å². The second kappa shape index (κ2) is 4.21. The van der Waals surface area contributed by atoms with E-state index in [-0.39, 0.29) is 0 Å². The Bertz CT molecular complexity index is 489. The van der Waals surface area contributed by atoms with Crippen LogP contribution in [0.4, 0.5) is 0 Å². The molecule has 2 aromatic rings. The van der Waals surface area contributed by atoms with E-state index in [1.54, 1.807) is 4.88 Å². The first kappa shape index (κ1) is 10.3. The van der Waals surface area contributed by atoms with Crippen molar-refractivity contribution in [3.63, 3.8) is 0 Å². The van der Waals surface area contributed by atoms with Crippen molar-refractivity contribution in [2.24, 2.45) is 0 Å². The Kier molecular flexibility index (Phi) is 2.72. The highest BCUT2D eigenvalue weighted by atomic mass is 35.5. The summed E-state index contributed by atoms with van der Waals surface area (Å²) < 4.78 is 0. The Labute approximate surface area is 104 Å². The van der Waals surface area contributed by atoms with Crippen LogP contribution in [-0.2, 0) is 6.42 Å². The van der Waals surface area contributed by atoms with Crippen LogP contribution < -0.4 is 5.32 Å². The standard InChI is InChI=1S/C13H12ClNS/c14-10-3-1-9(2-4-10)13-11-6-8-16-12(11)5-7-15-13/h1-4,6,8,13,15H,5,7H2/p+1/t13-/m1/s1. The molecule has 0 spiro atoms. The molecule has 1 aliphatic heterocycles. The molecule has 1 aromatic carbocycles. The highest BCUT2D eigenvalue weighted by Gasteiger charge is 2.25. The van der Waals surface area contributed by atoms with E-state index in [2.05, 4.69) is 28.9 Å². The largest absolute Gasteiger partial charge is 0.336 e. The number of benzene rings is 1. The summed E-state index contributed by atoms with van der Waals surface area (Å²) in [5, 5.41) is 5.43. The monoisotopic (exact) mass is 250 g/mol. The van der Waals surface area contributed by atoms with Crippen molar-refractivity contribution in [2.75, 3.05) is 6.54 Å². The van der Waals surface area contributed by atoms with E-state index < -0.39 is 0 Å². The maximum atomic E-state index is 5.92. The van der Waals surface area contributed by atoms with Gasteiger partial charge in [0.25, 0.3) is 0 Å². The highest BCUT2D eigenvalue weighted by Crippen LogP contribution is 2.28. The number of fused-ring (bicyclic) bond motifs is 1. The van der Waals surface area contributed by atoms with Gasteiger partial charge in [0.1, 0.15) is 6.04 Å². The Morgan fingerprint density at radius 1 is 1.19 bits per heavy atom. The fraction of sp³-hybridized carbons (Fsp3) is 0.231. The summed E-state index contributed by atoms with van der Waals surface area (Å²) in [4.78, 5) is 1.54. The fourth-order valence-corrected chi connectivity index (χ4v) is 3.40. The molecular formula is C13H13ClNS+. The van der Waals surface area contributed by atoms with Gasteiger partial charge in [0, 0.05) is 27.4 Å². The number of hydrogen-bond donors (Lipinski definition) is 1. The van der Waals surface area contributed by atoms with Crippen LogP contribution in [0.25, 0.3) is 0 Å². The molecule has 3 rings (SSSR count). The molecule has 3 heteroatoms. The summed E-state index contributed by atoms with van der Waals surface area (Å²) in [5.74, 6) is 0. The number of hydrogen-bond acceptors (Lipinski definition) is 1. The van der Waals surface area contributed by atoms with Gasteiger partial charge in [0.2, 0.25) is 0 Å². The first-order valence-electron chi connectivity index (χ1n) is 5.49. The number of quaternary nitrogens is 1. The molecule has 0 amide bonds. The Morgan fingerprint density at radius 2 is 2.00 bits per heavy atom. The zero-order valence-electron chi connectivity index (χ0n) is 8.82. The molecule has 0 radical (unpaired) electrons. The molecule has 1 atom stereocenters. The predicted molar refractivity (Wildman–Crippen MR) is 68.1 cm³/mol. The highest BCUT2D eigenvalue weighted by molar-refractivity contribution is 7.10. The summed E-state index contributed by atoms with van der Waals surface area (Å²) >= 11 is 7.80. The van der Waals surface area contributed by atoms with Crippen LogP contribution >= 0.6 is 22.9 Å². The molecule has 2 heterocycles. The molecule has 0 fully saturated rings. The summed E-state index contributed by atoms with van der Waals surface area (Å²) in [6, 6.07) is 10.9. The number of rotatable bonds is 1. The predicted octanol–water partition coefficient (Wildman–Crippen LogP) is 2.61. The van der Waals surface area contributed by atoms with Crippen molar-refractivity contribution in [1.29, 1.82) is 0 Å². The summed E-state index contributed by atoms with van der Waals surface area (Å²) in [6.07, 6.45) is 1.21. The lowest BCUT2D eigenvalue weighted by Crippen LogP contribution is -2.87. The van der Waals surface area contributed by atoms with Crippen molar-refractivity contribution in [1.82, 2.24) is 0 Å². The van der Waals surface area contributed by atoms with E-state index in [0.29, 0.717) is 6.04 Å². The van der Waals surface area contributed by atoms with E-state index in [1.165, 1.54) is 24.1 Å². The summed E-state index contributed by atoms with van der Waals surface area (Å²) in [5.41, 5.74) is 2.84. The normalized spacial score (nSPS) is 19.4. The quantitative estimate of drug-likeness (QED) is 0.801. The molecule has 1 aromatic heterocycles. The Balaban J connectivity index is 2.00. The SMILES string of the molecule is Clc1ccc([C@H]2[NH2+]CCc3sccc32)cc1. The van der Waals surface area contributed by atoms with Gasteiger partial charge in [0.15, 0.2) is 0 Å². The number of halogens is 1. The van der Waals surface area contributed by atoms with Gasteiger partial charge >= 0.3 is 0 Å². The summed E-state index contributed by atoms with van der Waals surface area (Å²) in [6.45, 7) is 1.18. The van der Waals surface area contributed by atoms with E-state index >= 15 is 0 Å². The second-order valence-electron chi connectivity index (χ2n) is 4.10. The smallest absolute Gasteiger partial charge is 0.138 e. The minimum absolute atomic E-state index is 0.465. The van der Waals surface area contributed by atoms with Gasteiger partial charge in [-0.1, -0.05) is 23.7 Å². The molecule has 0 aliphatic carbocycles. The third-order valence-corrected chi connectivity index (χ3v) is 4.37. The molecule has 0 bridgehead atoms. The lowest BCUT2D eigenvalue weighted by Gasteiger charge is -2.21. The molecule has 82 valence electrons. The fourth-order valence-electron chi connectivity index (χ4n) is 2.32. The molecular weight excluding hydrogens is 238 g/mol. The maximum Gasteiger partial charge on any atom is 0.138 e. The topological polar surface area (TPSA) is 16.6 Å². The van der Waals surface area contributed by atoms with Gasteiger partial charge in [-0.25, -0.2) is 0 Å². The van der Waals surface area contributed by atoms with Crippen molar-refractivity contribution < 1.29 is 5.32 Å².